The summed E-state index contributed by atoms with van der Waals surface area (Å²) >= 11 is 1.70. The third kappa shape index (κ3) is 6.33. The average Bonchev–Trinajstić information content (AvgIpc) is 3.28. The van der Waals surface area contributed by atoms with E-state index in [1.807, 2.05) is 48.7 Å². The zero-order valence-corrected chi connectivity index (χ0v) is 21.4. The molecule has 1 amide bonds. The molecule has 0 saturated carbocycles. The standard InChI is InChI=1S/C29H33N5OS/c35-28(31-17-8-20-33-18-5-2-6-19-33)25-14-12-24(13-15-25)22-36-29-32-26-11-7-16-30-27(26)34(29)21-23-9-3-1-4-10-23/h1,3-4,7,9-16H,2,5-6,8,17-22H2,(H,31,35). The highest BCUT2D eigenvalue weighted by Gasteiger charge is 2.14. The van der Waals surface area contributed by atoms with Gasteiger partial charge in [-0.2, -0.15) is 0 Å². The monoisotopic (exact) mass is 499 g/mol. The van der Waals surface area contributed by atoms with E-state index in [0.29, 0.717) is 5.56 Å². The van der Waals surface area contributed by atoms with Crippen LogP contribution in [0.4, 0.5) is 0 Å². The first kappa shape index (κ1) is 24.5. The number of pyridine rings is 1. The molecule has 5 rings (SSSR count). The Bertz CT molecular complexity index is 1270. The van der Waals surface area contributed by atoms with Gasteiger partial charge in [0.2, 0.25) is 0 Å². The summed E-state index contributed by atoms with van der Waals surface area (Å²) in [6.45, 7) is 4.92. The first-order valence-corrected chi connectivity index (χ1v) is 13.8. The molecule has 0 aliphatic carbocycles. The Labute approximate surface area is 217 Å². The molecule has 0 atom stereocenters. The summed E-state index contributed by atoms with van der Waals surface area (Å²) < 4.78 is 2.18. The fourth-order valence-corrected chi connectivity index (χ4v) is 5.60. The lowest BCUT2D eigenvalue weighted by atomic mass is 10.1. The molecule has 0 unspecified atom stereocenters. The maximum atomic E-state index is 12.6. The number of hydrogen-bond donors (Lipinski definition) is 1. The molecule has 2 aromatic heterocycles. The molecule has 1 aliphatic rings. The van der Waals surface area contributed by atoms with Crippen molar-refractivity contribution in [2.24, 2.45) is 0 Å². The summed E-state index contributed by atoms with van der Waals surface area (Å²) in [7, 11) is 0. The number of fused-ring (bicyclic) bond motifs is 1. The van der Waals surface area contributed by atoms with Crippen LogP contribution in [-0.2, 0) is 12.3 Å². The normalized spacial score (nSPS) is 14.2. The van der Waals surface area contributed by atoms with Gasteiger partial charge in [0.15, 0.2) is 10.8 Å². The Hall–Kier alpha value is -3.16. The highest BCUT2D eigenvalue weighted by atomic mass is 32.2. The number of carbonyl (C=O) groups excluding carboxylic acids is 1. The predicted molar refractivity (Wildman–Crippen MR) is 146 cm³/mol. The Morgan fingerprint density at radius 2 is 1.72 bits per heavy atom. The predicted octanol–water partition coefficient (Wildman–Crippen LogP) is 5.38. The number of carbonyl (C=O) groups is 1. The highest BCUT2D eigenvalue weighted by Crippen LogP contribution is 2.27. The van der Waals surface area contributed by atoms with Crippen LogP contribution in [0.1, 0.15) is 47.2 Å². The Morgan fingerprint density at radius 3 is 2.53 bits per heavy atom. The molecule has 1 N–H and O–H groups in total. The third-order valence-corrected chi connectivity index (χ3v) is 7.67. The van der Waals surface area contributed by atoms with E-state index in [1.165, 1.54) is 37.9 Å². The van der Waals surface area contributed by atoms with E-state index >= 15 is 0 Å². The number of aromatic nitrogens is 3. The minimum Gasteiger partial charge on any atom is -0.352 e. The van der Waals surface area contributed by atoms with E-state index < -0.39 is 0 Å². The van der Waals surface area contributed by atoms with Gasteiger partial charge in [0.1, 0.15) is 5.52 Å². The average molecular weight is 500 g/mol. The van der Waals surface area contributed by atoms with Crippen molar-refractivity contribution < 1.29 is 4.79 Å². The van der Waals surface area contributed by atoms with Gasteiger partial charge in [0.25, 0.3) is 5.91 Å². The maximum Gasteiger partial charge on any atom is 0.251 e. The number of nitrogens with zero attached hydrogens (tertiary/aromatic N) is 4. The zero-order valence-electron chi connectivity index (χ0n) is 20.6. The number of thioether (sulfide) groups is 1. The summed E-state index contributed by atoms with van der Waals surface area (Å²) in [4.78, 5) is 24.5. The molecule has 2 aromatic carbocycles. The molecule has 1 saturated heterocycles. The van der Waals surface area contributed by atoms with Crippen molar-refractivity contribution >= 4 is 28.8 Å². The molecule has 1 aliphatic heterocycles. The topological polar surface area (TPSA) is 63.1 Å². The van der Waals surface area contributed by atoms with Crippen LogP contribution in [0.5, 0.6) is 0 Å². The molecule has 0 radical (unpaired) electrons. The van der Waals surface area contributed by atoms with Gasteiger partial charge in [0.05, 0.1) is 6.54 Å². The Balaban J connectivity index is 1.16. The SMILES string of the molecule is O=C(NCCCN1CCCCC1)c1ccc(CSc2nc3cccnc3n2Cc2ccccc2)cc1. The largest absolute Gasteiger partial charge is 0.352 e. The van der Waals surface area contributed by atoms with Gasteiger partial charge in [0, 0.05) is 24.1 Å². The molecule has 0 bridgehead atoms. The molecule has 1 fully saturated rings. The number of benzene rings is 2. The number of rotatable bonds is 10. The van der Waals surface area contributed by atoms with Crippen LogP contribution in [0.25, 0.3) is 11.2 Å². The molecule has 0 spiro atoms. The number of nitrogens with one attached hydrogen (secondary N) is 1. The first-order chi connectivity index (χ1) is 17.8. The molecular formula is C29H33N5OS. The van der Waals surface area contributed by atoms with Gasteiger partial charge in [-0.3, -0.25) is 9.36 Å². The molecule has 3 heterocycles. The number of imidazole rings is 1. The smallest absolute Gasteiger partial charge is 0.251 e. The summed E-state index contributed by atoms with van der Waals surface area (Å²) in [5.74, 6) is 0.777. The highest BCUT2D eigenvalue weighted by molar-refractivity contribution is 7.98. The molecule has 7 heteroatoms. The first-order valence-electron chi connectivity index (χ1n) is 12.8. The van der Waals surface area contributed by atoms with Crippen molar-refractivity contribution in [1.82, 2.24) is 24.8 Å². The third-order valence-electron chi connectivity index (χ3n) is 6.62. The number of amides is 1. The molecule has 36 heavy (non-hydrogen) atoms. The van der Waals surface area contributed by atoms with Gasteiger partial charge < -0.3 is 10.2 Å². The second-order valence-electron chi connectivity index (χ2n) is 9.31. The van der Waals surface area contributed by atoms with E-state index in [1.54, 1.807) is 11.8 Å². The van der Waals surface area contributed by atoms with E-state index in [0.717, 1.165) is 53.7 Å². The van der Waals surface area contributed by atoms with E-state index in [-0.39, 0.29) is 5.91 Å². The molecular weight excluding hydrogens is 466 g/mol. The lowest BCUT2D eigenvalue weighted by molar-refractivity contribution is 0.0951. The van der Waals surface area contributed by atoms with Crippen molar-refractivity contribution in [1.29, 1.82) is 0 Å². The maximum absolute atomic E-state index is 12.6. The van der Waals surface area contributed by atoms with Gasteiger partial charge in [-0.05, 0) is 74.3 Å². The second-order valence-corrected chi connectivity index (χ2v) is 10.3. The lowest BCUT2D eigenvalue weighted by Crippen LogP contribution is -2.33. The minimum absolute atomic E-state index is 0.00331. The van der Waals surface area contributed by atoms with Crippen molar-refractivity contribution in [3.63, 3.8) is 0 Å². The van der Waals surface area contributed by atoms with Crippen molar-refractivity contribution in [2.45, 2.75) is 43.1 Å². The molecule has 4 aromatic rings. The van der Waals surface area contributed by atoms with Crippen LogP contribution in [0.2, 0.25) is 0 Å². The van der Waals surface area contributed by atoms with E-state index in [4.69, 9.17) is 4.98 Å². The summed E-state index contributed by atoms with van der Waals surface area (Å²) in [5.41, 5.74) is 4.89. The van der Waals surface area contributed by atoms with Gasteiger partial charge in [-0.1, -0.05) is 60.6 Å². The number of hydrogen-bond acceptors (Lipinski definition) is 5. The summed E-state index contributed by atoms with van der Waals surface area (Å²) in [6, 6.07) is 22.2. The van der Waals surface area contributed by atoms with Crippen LogP contribution < -0.4 is 5.32 Å². The van der Waals surface area contributed by atoms with Crippen molar-refractivity contribution in [3.05, 3.63) is 89.6 Å². The van der Waals surface area contributed by atoms with Gasteiger partial charge in [-0.25, -0.2) is 9.97 Å². The fourth-order valence-electron chi connectivity index (χ4n) is 4.65. The minimum atomic E-state index is 0.00331. The fraction of sp³-hybridized carbons (Fsp3) is 0.345. The summed E-state index contributed by atoms with van der Waals surface area (Å²) in [5, 5.41) is 4.02. The van der Waals surface area contributed by atoms with E-state index in [2.05, 4.69) is 44.0 Å². The van der Waals surface area contributed by atoms with E-state index in [9.17, 15) is 4.79 Å². The van der Waals surface area contributed by atoms with Gasteiger partial charge in [-0.15, -0.1) is 0 Å². The number of piperidine rings is 1. The van der Waals surface area contributed by atoms with Gasteiger partial charge >= 0.3 is 0 Å². The lowest BCUT2D eigenvalue weighted by Gasteiger charge is -2.26. The van der Waals surface area contributed by atoms with Crippen LogP contribution in [0, 0.1) is 0 Å². The van der Waals surface area contributed by atoms with Crippen LogP contribution in [-0.4, -0.2) is 51.5 Å². The van der Waals surface area contributed by atoms with Crippen LogP contribution in [0.3, 0.4) is 0 Å². The van der Waals surface area contributed by atoms with Crippen molar-refractivity contribution in [2.75, 3.05) is 26.2 Å². The zero-order chi connectivity index (χ0) is 24.6. The van der Waals surface area contributed by atoms with Crippen LogP contribution >= 0.6 is 11.8 Å². The Kier molecular flexibility index (Phi) is 8.31. The van der Waals surface area contributed by atoms with Crippen LogP contribution in [0.15, 0.2) is 78.1 Å². The molecule has 6 nitrogen and oxygen atoms in total. The summed E-state index contributed by atoms with van der Waals surface area (Å²) in [6.07, 6.45) is 6.78. The quantitative estimate of drug-likeness (QED) is 0.235. The molecule has 186 valence electrons. The van der Waals surface area contributed by atoms with Crippen molar-refractivity contribution in [3.8, 4) is 0 Å². The Morgan fingerprint density at radius 1 is 0.917 bits per heavy atom. The number of likely N-dealkylation sites (tertiary alicyclic amines) is 1. The second kappa shape index (κ2) is 12.2.